The predicted octanol–water partition coefficient (Wildman–Crippen LogP) is 17.1. The Kier molecular flexibility index (Phi) is 46.6. The van der Waals surface area contributed by atoms with Gasteiger partial charge in [-0.25, -0.2) is 24.4 Å². The Morgan fingerprint density at radius 1 is 0.733 bits per heavy atom. The van der Waals surface area contributed by atoms with Gasteiger partial charge in [-0.2, -0.15) is 0 Å². The summed E-state index contributed by atoms with van der Waals surface area (Å²) in [5.74, 6) is -4.70. The van der Waals surface area contributed by atoms with Crippen LogP contribution in [0.5, 0.6) is 5.75 Å². The van der Waals surface area contributed by atoms with Gasteiger partial charge in [-0.3, -0.25) is 38.4 Å². The minimum atomic E-state index is -1.46. The van der Waals surface area contributed by atoms with Crippen molar-refractivity contribution in [2.24, 2.45) is 11.8 Å². The highest BCUT2D eigenvalue weighted by molar-refractivity contribution is 8.13. The molecule has 116 heavy (non-hydrogen) atoms. The van der Waals surface area contributed by atoms with E-state index >= 15 is 0 Å². The van der Waals surface area contributed by atoms with Crippen LogP contribution in [0.2, 0.25) is 25.7 Å². The molecule has 0 unspecified atom stereocenters. The number of nitrogens with zero attached hydrogens (tertiary/aromatic N) is 2. The molecule has 0 saturated carbocycles. The number of allylic oxidation sites excluding steroid dienone is 4. The molecule has 29 heteroatoms. The molecule has 5 rings (SSSR count). The molecule has 0 aliphatic carbocycles. The average Bonchev–Trinajstić information content (AvgIpc) is 1.64. The summed E-state index contributed by atoms with van der Waals surface area (Å²) in [5.41, 5.74) is 2.22. The van der Waals surface area contributed by atoms with Gasteiger partial charge in [0.2, 0.25) is 5.91 Å². The van der Waals surface area contributed by atoms with Crippen molar-refractivity contribution in [2.75, 3.05) is 18.1 Å². The van der Waals surface area contributed by atoms with E-state index in [-0.39, 0.29) is 64.1 Å². The minimum absolute atomic E-state index is 0.0331. The lowest BCUT2D eigenvalue weighted by Gasteiger charge is -2.25. The number of alkyl carbamates (subject to hydrolysis) is 1. The second-order valence-electron chi connectivity index (χ2n) is 31.6. The molecule has 0 saturated heterocycles. The number of aromatic hydroxyl groups is 1. The molecule has 4 aromatic rings. The second-order valence-corrected chi connectivity index (χ2v) is 41.3. The van der Waals surface area contributed by atoms with Crippen molar-refractivity contribution in [1.82, 2.24) is 41.9 Å². The first kappa shape index (κ1) is 100. The predicted molar refractivity (Wildman–Crippen MR) is 466 cm³/mol. The Balaban J connectivity index is 0.000000511. The number of esters is 3. The number of cyclic esters (lactones) is 1. The zero-order chi connectivity index (χ0) is 85.8. The van der Waals surface area contributed by atoms with Crippen LogP contribution in [0.25, 0.3) is 0 Å². The number of phenolic OH excluding ortho intramolecular Hbond substituents is 1. The number of thioether (sulfide) groups is 2. The maximum Gasteiger partial charge on any atom is 0.408 e. The summed E-state index contributed by atoms with van der Waals surface area (Å²) in [4.78, 5) is 154. The summed E-state index contributed by atoms with van der Waals surface area (Å²) in [6.07, 6.45) is 24.8. The molecule has 2 aromatic carbocycles. The number of hydrogen-bond donors (Lipinski definition) is 7. The van der Waals surface area contributed by atoms with E-state index in [4.69, 9.17) is 18.9 Å². The smallest absolute Gasteiger partial charge is 0.408 e. The molecule has 2 bridgehead atoms. The topological polar surface area (TPSA) is 343 Å². The molecule has 6 amide bonds. The fraction of sp³-hybridized carbons (Fsp3) is 0.575. The van der Waals surface area contributed by atoms with Crippen LogP contribution in [0.15, 0.2) is 107 Å². The highest BCUT2D eigenvalue weighted by atomic mass is 32.2. The first-order valence-corrected chi connectivity index (χ1v) is 48.4. The zero-order valence-electron chi connectivity index (χ0n) is 70.8. The third kappa shape index (κ3) is 40.7. The Labute approximate surface area is 705 Å². The van der Waals surface area contributed by atoms with Gasteiger partial charge in [-0.05, 0) is 145 Å². The van der Waals surface area contributed by atoms with Gasteiger partial charge in [0.15, 0.2) is 10.2 Å². The molecule has 3 heterocycles. The van der Waals surface area contributed by atoms with Gasteiger partial charge in [0.1, 0.15) is 68.4 Å². The first-order chi connectivity index (χ1) is 55.1. The fourth-order valence-electron chi connectivity index (χ4n) is 11.5. The van der Waals surface area contributed by atoms with Crippen molar-refractivity contribution in [3.63, 3.8) is 0 Å². The molecule has 6 atom stereocenters. The van der Waals surface area contributed by atoms with Gasteiger partial charge in [-0.15, -0.1) is 22.7 Å². The van der Waals surface area contributed by atoms with Gasteiger partial charge < -0.3 is 56.0 Å². The average molecular weight is 1700 g/mol. The molecule has 1 aliphatic rings. The van der Waals surface area contributed by atoms with E-state index in [1.807, 2.05) is 12.1 Å². The Morgan fingerprint density at radius 2 is 1.34 bits per heavy atom. The number of carbonyl (C=O) groups excluding carboxylic acids is 11. The lowest BCUT2D eigenvalue weighted by molar-refractivity contribution is -0.156. The van der Waals surface area contributed by atoms with Crippen molar-refractivity contribution in [3.8, 4) is 5.75 Å². The number of fused-ring (bicyclic) bond motifs is 2. The summed E-state index contributed by atoms with van der Waals surface area (Å²) >= 11 is 4.93. The summed E-state index contributed by atoms with van der Waals surface area (Å²) in [7, 11) is -1.46. The van der Waals surface area contributed by atoms with Crippen LogP contribution in [0.3, 0.4) is 0 Å². The van der Waals surface area contributed by atoms with Crippen molar-refractivity contribution in [3.05, 3.63) is 145 Å². The lowest BCUT2D eigenvalue weighted by Crippen LogP contribution is -2.48. The summed E-state index contributed by atoms with van der Waals surface area (Å²) in [5, 5.41) is 30.6. The number of hydrogen-bond acceptors (Lipinski definition) is 22. The van der Waals surface area contributed by atoms with E-state index in [1.54, 1.807) is 122 Å². The lowest BCUT2D eigenvalue weighted by atomic mass is 10.0. The Bertz CT molecular complexity index is 3900. The van der Waals surface area contributed by atoms with Gasteiger partial charge >= 0.3 is 24.0 Å². The van der Waals surface area contributed by atoms with E-state index < -0.39 is 110 Å². The van der Waals surface area contributed by atoms with Crippen molar-refractivity contribution >= 4 is 118 Å². The Hall–Kier alpha value is -8.25. The molecule has 24 nitrogen and oxygen atoms in total. The molecule has 0 spiro atoms. The van der Waals surface area contributed by atoms with Gasteiger partial charge in [0.05, 0.1) is 31.5 Å². The molecule has 7 N–H and O–H groups in total. The molecular weight excluding hydrogens is 1570 g/mol. The van der Waals surface area contributed by atoms with E-state index in [9.17, 15) is 57.8 Å². The van der Waals surface area contributed by atoms with Gasteiger partial charge in [0, 0.05) is 43.2 Å². The molecule has 2 aromatic heterocycles. The summed E-state index contributed by atoms with van der Waals surface area (Å²) < 4.78 is 22.7. The number of carbonyl (C=O) groups is 11. The number of rotatable bonds is 43. The third-order valence-corrected chi connectivity index (χ3v) is 23.7. The van der Waals surface area contributed by atoms with Crippen LogP contribution < -0.4 is 31.9 Å². The van der Waals surface area contributed by atoms with Gasteiger partial charge in [0.25, 0.3) is 23.6 Å². The highest BCUT2D eigenvalue weighted by Crippen LogP contribution is 2.28. The van der Waals surface area contributed by atoms with Crippen LogP contribution in [-0.4, -0.2) is 135 Å². The molecule has 0 radical (unpaired) electrons. The second kappa shape index (κ2) is 54.0. The van der Waals surface area contributed by atoms with Gasteiger partial charge in [-0.1, -0.05) is 217 Å². The van der Waals surface area contributed by atoms with Crippen molar-refractivity contribution < 1.29 is 76.8 Å². The van der Waals surface area contributed by atoms with E-state index in [2.05, 4.69) is 94.4 Å². The van der Waals surface area contributed by atoms with Crippen molar-refractivity contribution in [2.45, 2.75) is 292 Å². The number of thiazole rings is 2. The highest BCUT2D eigenvalue weighted by Gasteiger charge is 2.34. The number of benzene rings is 2. The number of aryl methyl sites for hydroxylation is 1. The SMILES string of the molecule is C/C=C(\NC(=O)c1csc([C@@H](Cc2ccc(CCCCC)cc2)NC(=O)OC(C)(C)C)n1)C(=O)N[C@H](C(=O)O[C@H](/C=C/CCSC(=O)CCCCCCC)CC(=O)OCC[Si](C)(C)C)C(C)C.C/C=C1\NC(=O)c2csc(n2)[C@H](Cc2ccc(O)cc2)NC(=O)C[C@@H](/C=C/CCSC(=O)CCCCCCC)OC(=O)[C@H](C(C)C)NC1=O. The molecule has 0 fully saturated rings. The molecule has 640 valence electrons. The van der Waals surface area contributed by atoms with Crippen LogP contribution in [-0.2, 0) is 76.6 Å². The number of nitrogens with one attached hydrogen (secondary N) is 6. The van der Waals surface area contributed by atoms with Crippen LogP contribution in [0, 0.1) is 11.8 Å². The van der Waals surface area contributed by atoms with E-state index in [0.717, 1.165) is 87.8 Å². The van der Waals surface area contributed by atoms with Crippen LogP contribution >= 0.6 is 46.2 Å². The quantitative estimate of drug-likeness (QED) is 0.00540. The summed E-state index contributed by atoms with van der Waals surface area (Å²) in [6, 6.07) is 12.1. The number of ether oxygens (including phenoxy) is 4. The standard InChI is InChI=1S/C51H80N4O9S2Si.C36H48N4O7S2/c1-12-15-17-18-20-25-44(57)65-31-22-21-24-39(34-43(56)62-30-32-67(9,10)11)63-49(60)45(36(4)5)55-46(58)40(14-3)52-47(59)42-35-66-48(53-42)41(54-50(61)64-51(6,7)8)33-38-28-26-37(27-29-38)23-19-16-13-2;1-5-7-8-9-10-14-31(43)48-19-12-11-13-26-21-30(42)37-28(20-24-15-17-25(41)18-16-24)35-39-29(22-49-35)34(45)38-27(6-2)33(44)40-32(23(3)4)36(46)47-26/h14,21,24,26-29,35-36,39,41,45H,12-13,15-20,22-23,25,30-34H2,1-11H3,(H,52,59)(H,54,61)(H,55,58);6,11,13,15-18,22-23,26,28,32,41H,5,7-10,12,14,19-21H2,1-4H3,(H,37,42)(H,38,45)(H,40,44)/b24-21+,40-14-;13-11+,27-6-/t39-,41-,45+;26-,28+,32+/m11/s1. The fourth-order valence-corrected chi connectivity index (χ4v) is 15.5. The summed E-state index contributed by atoms with van der Waals surface area (Å²) in [6.45, 7) is 28.8. The first-order valence-electron chi connectivity index (χ1n) is 41.0. The molecule has 1 aliphatic heterocycles. The van der Waals surface area contributed by atoms with E-state index in [0.29, 0.717) is 60.0 Å². The maximum absolute atomic E-state index is 13.8. The number of unbranched alkanes of at least 4 members (excludes halogenated alkanes) is 10. The van der Waals surface area contributed by atoms with Crippen LogP contribution in [0.4, 0.5) is 4.79 Å². The zero-order valence-corrected chi connectivity index (χ0v) is 75.1. The number of aromatic nitrogens is 2. The Morgan fingerprint density at radius 3 is 1.92 bits per heavy atom. The minimum Gasteiger partial charge on any atom is -0.508 e. The van der Waals surface area contributed by atoms with Crippen molar-refractivity contribution in [1.29, 1.82) is 0 Å². The number of phenols is 1. The van der Waals surface area contributed by atoms with Crippen LogP contribution in [0.1, 0.15) is 265 Å². The monoisotopic (exact) mass is 1700 g/mol. The largest absolute Gasteiger partial charge is 0.508 e. The number of amides is 6. The van der Waals surface area contributed by atoms with E-state index in [1.165, 1.54) is 83.2 Å². The normalized spacial score (nSPS) is 16.3. The third-order valence-electron chi connectivity index (χ3n) is 18.2. The maximum atomic E-state index is 13.8. The molecular formula is C87H128N8O16S4Si.